The van der Waals surface area contributed by atoms with Crippen LogP contribution in [-0.2, 0) is 0 Å². The second-order valence-electron chi connectivity index (χ2n) is 4.51. The van der Waals surface area contributed by atoms with Gasteiger partial charge in [-0.15, -0.1) is 5.10 Å². The Labute approximate surface area is 121 Å². The molecule has 0 radical (unpaired) electrons. The van der Waals surface area contributed by atoms with Gasteiger partial charge in [0.15, 0.2) is 0 Å². The van der Waals surface area contributed by atoms with Crippen molar-refractivity contribution in [2.24, 2.45) is 0 Å². The third-order valence-corrected chi connectivity index (χ3v) is 3.22. The first-order valence-electron chi connectivity index (χ1n) is 6.47. The van der Waals surface area contributed by atoms with E-state index in [0.29, 0.717) is 11.3 Å². The van der Waals surface area contributed by atoms with Gasteiger partial charge in [0.25, 0.3) is 0 Å². The van der Waals surface area contributed by atoms with Crippen molar-refractivity contribution in [3.05, 3.63) is 72.4 Å². The fourth-order valence-electron chi connectivity index (χ4n) is 2.26. The van der Waals surface area contributed by atoms with E-state index in [1.54, 1.807) is 30.5 Å². The average Bonchev–Trinajstić information content (AvgIpc) is 2.55. The smallest absolute Gasteiger partial charge is 0.336 e. The van der Waals surface area contributed by atoms with Crippen LogP contribution in [0.1, 0.15) is 10.4 Å². The third kappa shape index (κ3) is 2.51. The molecule has 0 spiro atoms. The van der Waals surface area contributed by atoms with Crippen LogP contribution in [0.5, 0.6) is 0 Å². The zero-order valence-electron chi connectivity index (χ0n) is 11.1. The molecule has 0 aliphatic heterocycles. The molecule has 21 heavy (non-hydrogen) atoms. The fourth-order valence-corrected chi connectivity index (χ4v) is 2.26. The summed E-state index contributed by atoms with van der Waals surface area (Å²) in [6.45, 7) is 0. The van der Waals surface area contributed by atoms with Crippen LogP contribution >= 0.6 is 0 Å². The van der Waals surface area contributed by atoms with E-state index in [2.05, 4.69) is 10.2 Å². The summed E-state index contributed by atoms with van der Waals surface area (Å²) in [4.78, 5) is 11.4. The van der Waals surface area contributed by atoms with Crippen molar-refractivity contribution in [3.8, 4) is 22.4 Å². The number of benzene rings is 2. The number of rotatable bonds is 3. The molecular weight excluding hydrogens is 264 g/mol. The molecule has 0 amide bonds. The Morgan fingerprint density at radius 2 is 1.57 bits per heavy atom. The number of hydrogen-bond donors (Lipinski definition) is 1. The largest absolute Gasteiger partial charge is 0.478 e. The zero-order valence-corrected chi connectivity index (χ0v) is 11.1. The van der Waals surface area contributed by atoms with Gasteiger partial charge in [0.05, 0.1) is 11.8 Å². The Kier molecular flexibility index (Phi) is 3.43. The number of carboxylic acid groups (broad SMARTS) is 1. The Hall–Kier alpha value is -3.01. The second-order valence-corrected chi connectivity index (χ2v) is 4.51. The van der Waals surface area contributed by atoms with E-state index in [1.807, 2.05) is 36.4 Å². The number of hydrogen-bond acceptors (Lipinski definition) is 3. The minimum absolute atomic E-state index is 0.218. The summed E-state index contributed by atoms with van der Waals surface area (Å²) in [5.74, 6) is -0.977. The van der Waals surface area contributed by atoms with Crippen molar-refractivity contribution in [1.29, 1.82) is 0 Å². The quantitative estimate of drug-likeness (QED) is 0.795. The zero-order chi connectivity index (χ0) is 14.7. The Balaban J connectivity index is 2.24. The van der Waals surface area contributed by atoms with Crippen LogP contribution in [-0.4, -0.2) is 21.3 Å². The topological polar surface area (TPSA) is 63.1 Å². The summed E-state index contributed by atoms with van der Waals surface area (Å²) in [6.07, 6.45) is 1.61. The highest BCUT2D eigenvalue weighted by molar-refractivity contribution is 5.97. The van der Waals surface area contributed by atoms with Crippen molar-refractivity contribution in [3.63, 3.8) is 0 Å². The van der Waals surface area contributed by atoms with E-state index < -0.39 is 5.97 Å². The normalized spacial score (nSPS) is 10.3. The third-order valence-electron chi connectivity index (χ3n) is 3.22. The molecule has 1 N–H and O–H groups in total. The van der Waals surface area contributed by atoms with Gasteiger partial charge in [0, 0.05) is 11.1 Å². The van der Waals surface area contributed by atoms with E-state index in [0.717, 1.165) is 11.1 Å². The average molecular weight is 276 g/mol. The SMILES string of the molecule is O=C(O)c1ccccc1-c1nnccc1-c1ccccc1. The molecule has 0 aliphatic rings. The van der Waals surface area contributed by atoms with Gasteiger partial charge < -0.3 is 5.11 Å². The minimum Gasteiger partial charge on any atom is -0.478 e. The van der Waals surface area contributed by atoms with Crippen molar-refractivity contribution >= 4 is 5.97 Å². The van der Waals surface area contributed by atoms with Gasteiger partial charge in [-0.3, -0.25) is 0 Å². The summed E-state index contributed by atoms with van der Waals surface area (Å²) >= 11 is 0. The van der Waals surface area contributed by atoms with Gasteiger partial charge in [-0.1, -0.05) is 48.5 Å². The molecule has 0 aliphatic carbocycles. The first-order chi connectivity index (χ1) is 10.3. The molecule has 0 atom stereocenters. The van der Waals surface area contributed by atoms with Crippen molar-refractivity contribution < 1.29 is 9.90 Å². The van der Waals surface area contributed by atoms with Gasteiger partial charge in [-0.2, -0.15) is 5.10 Å². The van der Waals surface area contributed by atoms with Gasteiger partial charge in [-0.25, -0.2) is 4.79 Å². The van der Waals surface area contributed by atoms with E-state index in [9.17, 15) is 9.90 Å². The Bertz CT molecular complexity index is 786. The fraction of sp³-hybridized carbons (Fsp3) is 0. The summed E-state index contributed by atoms with van der Waals surface area (Å²) < 4.78 is 0. The maximum absolute atomic E-state index is 11.4. The van der Waals surface area contributed by atoms with Crippen molar-refractivity contribution in [2.75, 3.05) is 0 Å². The molecule has 0 bridgehead atoms. The minimum atomic E-state index is -0.977. The molecule has 2 aromatic carbocycles. The second kappa shape index (κ2) is 5.54. The van der Waals surface area contributed by atoms with E-state index in [-0.39, 0.29) is 5.56 Å². The van der Waals surface area contributed by atoms with E-state index >= 15 is 0 Å². The number of aromatic carboxylic acids is 1. The monoisotopic (exact) mass is 276 g/mol. The van der Waals surface area contributed by atoms with Gasteiger partial charge >= 0.3 is 5.97 Å². The molecule has 0 unspecified atom stereocenters. The molecule has 0 saturated carbocycles. The van der Waals surface area contributed by atoms with E-state index in [4.69, 9.17) is 0 Å². The Morgan fingerprint density at radius 1 is 0.857 bits per heavy atom. The molecule has 3 aromatic rings. The Morgan fingerprint density at radius 3 is 2.33 bits per heavy atom. The lowest BCUT2D eigenvalue weighted by Crippen LogP contribution is -2.01. The highest BCUT2D eigenvalue weighted by Crippen LogP contribution is 2.31. The molecule has 4 nitrogen and oxygen atoms in total. The number of nitrogens with zero attached hydrogens (tertiary/aromatic N) is 2. The molecule has 1 heterocycles. The maximum atomic E-state index is 11.4. The molecular formula is C17H12N2O2. The number of aromatic nitrogens is 2. The lowest BCUT2D eigenvalue weighted by Gasteiger charge is -2.10. The molecule has 1 aromatic heterocycles. The first-order valence-corrected chi connectivity index (χ1v) is 6.47. The summed E-state index contributed by atoms with van der Waals surface area (Å²) in [5, 5.41) is 17.4. The van der Waals surface area contributed by atoms with Crippen molar-refractivity contribution in [1.82, 2.24) is 10.2 Å². The van der Waals surface area contributed by atoms with Crippen LogP contribution < -0.4 is 0 Å². The molecule has 4 heteroatoms. The predicted molar refractivity (Wildman–Crippen MR) is 79.9 cm³/mol. The number of carbonyl (C=O) groups is 1. The van der Waals surface area contributed by atoms with Gasteiger partial charge in [0.2, 0.25) is 0 Å². The summed E-state index contributed by atoms with van der Waals surface area (Å²) in [5.41, 5.74) is 3.19. The maximum Gasteiger partial charge on any atom is 0.336 e. The van der Waals surface area contributed by atoms with Crippen LogP contribution in [0.25, 0.3) is 22.4 Å². The molecule has 3 rings (SSSR count). The first kappa shape index (κ1) is 13.0. The molecule has 0 saturated heterocycles. The highest BCUT2D eigenvalue weighted by Gasteiger charge is 2.16. The summed E-state index contributed by atoms with van der Waals surface area (Å²) in [6, 6.07) is 18.4. The molecule has 102 valence electrons. The van der Waals surface area contributed by atoms with Crippen LogP contribution in [0.15, 0.2) is 66.9 Å². The standard InChI is InChI=1S/C17H12N2O2/c20-17(21)15-9-5-4-8-14(15)16-13(10-11-18-19-16)12-6-2-1-3-7-12/h1-11H,(H,20,21). The van der Waals surface area contributed by atoms with Crippen LogP contribution in [0.4, 0.5) is 0 Å². The highest BCUT2D eigenvalue weighted by atomic mass is 16.4. The van der Waals surface area contributed by atoms with Crippen LogP contribution in [0, 0.1) is 0 Å². The lowest BCUT2D eigenvalue weighted by molar-refractivity contribution is 0.0697. The van der Waals surface area contributed by atoms with Crippen LogP contribution in [0.3, 0.4) is 0 Å². The number of carboxylic acids is 1. The van der Waals surface area contributed by atoms with Gasteiger partial charge in [-0.05, 0) is 17.7 Å². The van der Waals surface area contributed by atoms with Gasteiger partial charge in [0.1, 0.15) is 5.69 Å². The lowest BCUT2D eigenvalue weighted by atomic mass is 9.97. The summed E-state index contributed by atoms with van der Waals surface area (Å²) in [7, 11) is 0. The predicted octanol–water partition coefficient (Wildman–Crippen LogP) is 3.51. The molecule has 0 fully saturated rings. The van der Waals surface area contributed by atoms with Crippen LogP contribution in [0.2, 0.25) is 0 Å². The van der Waals surface area contributed by atoms with E-state index in [1.165, 1.54) is 0 Å². The van der Waals surface area contributed by atoms with Crippen molar-refractivity contribution in [2.45, 2.75) is 0 Å².